The number of rotatable bonds is 7. The number of nitrogens with one attached hydrogen (secondary N) is 2. The summed E-state index contributed by atoms with van der Waals surface area (Å²) in [5.74, 6) is -0.866. The number of ketones is 1. The lowest BCUT2D eigenvalue weighted by molar-refractivity contribution is -0.120. The molecule has 2 aromatic rings. The van der Waals surface area contributed by atoms with E-state index < -0.39 is 39.5 Å². The van der Waals surface area contributed by atoms with Crippen molar-refractivity contribution in [1.29, 1.82) is 0 Å². The van der Waals surface area contributed by atoms with Crippen LogP contribution in [-0.4, -0.2) is 47.7 Å². The van der Waals surface area contributed by atoms with Crippen LogP contribution in [0.4, 0.5) is 11.4 Å². The summed E-state index contributed by atoms with van der Waals surface area (Å²) in [6.07, 6.45) is 1.26. The number of carbonyl (C=O) groups excluding carboxylic acids is 1. The van der Waals surface area contributed by atoms with Gasteiger partial charge in [0.05, 0.1) is 16.9 Å². The summed E-state index contributed by atoms with van der Waals surface area (Å²) in [6, 6.07) is 11.0. The van der Waals surface area contributed by atoms with E-state index in [0.29, 0.717) is 23.5 Å². The van der Waals surface area contributed by atoms with E-state index in [1.165, 1.54) is 25.1 Å². The van der Waals surface area contributed by atoms with Gasteiger partial charge in [-0.3, -0.25) is 9.52 Å². The molecule has 2 aromatic carbocycles. The number of nitrogens with zero attached hydrogens (tertiary/aromatic N) is 1. The molecule has 0 spiro atoms. The van der Waals surface area contributed by atoms with E-state index in [4.69, 9.17) is 8.42 Å². The van der Waals surface area contributed by atoms with Gasteiger partial charge < -0.3 is 10.4 Å². The minimum Gasteiger partial charge on any atom is -0.506 e. The Kier molecular flexibility index (Phi) is 11.9. The van der Waals surface area contributed by atoms with Gasteiger partial charge in [-0.25, -0.2) is 8.42 Å². The Morgan fingerprint density at radius 1 is 1.07 bits per heavy atom. The van der Waals surface area contributed by atoms with Crippen LogP contribution in [0.3, 0.4) is 0 Å². The fourth-order valence-electron chi connectivity index (χ4n) is 4.44. The van der Waals surface area contributed by atoms with Gasteiger partial charge in [-0.2, -0.15) is 16.8 Å². The normalized spacial score (nSPS) is 19.0. The molecule has 16 heteroatoms. The second kappa shape index (κ2) is 14.0. The molecule has 2 aliphatic rings. The minimum atomic E-state index is -4.32. The summed E-state index contributed by atoms with van der Waals surface area (Å²) >= 11 is 0. The summed E-state index contributed by atoms with van der Waals surface area (Å²) < 4.78 is 74.6. The van der Waals surface area contributed by atoms with Gasteiger partial charge in [0, 0.05) is 32.6 Å². The smallest absolute Gasteiger partial charge is 0.317 e. The molecule has 1 aliphatic heterocycles. The molecule has 1 atom stereocenters. The first-order valence-electron chi connectivity index (χ1n) is 13.3. The van der Waals surface area contributed by atoms with Crippen LogP contribution in [0.5, 0.6) is 0 Å². The molecule has 238 valence electrons. The summed E-state index contributed by atoms with van der Waals surface area (Å²) in [7, 11) is -3.12. The summed E-state index contributed by atoms with van der Waals surface area (Å²) in [4.78, 5) is 13.6. The molecule has 11 nitrogen and oxygen atoms in total. The van der Waals surface area contributed by atoms with Crippen LogP contribution < -0.4 is 10.0 Å². The first kappa shape index (κ1) is 36.5. The molecule has 0 radical (unpaired) electrons. The zero-order valence-corrected chi connectivity index (χ0v) is 28.4. The number of halogens is 2. The van der Waals surface area contributed by atoms with Gasteiger partial charge in [-0.15, -0.1) is 4.40 Å². The topological polar surface area (TPSA) is 176 Å². The van der Waals surface area contributed by atoms with Crippen LogP contribution in [0.15, 0.2) is 57.3 Å². The van der Waals surface area contributed by atoms with E-state index in [9.17, 15) is 26.7 Å². The Balaban J connectivity index is 0.000000836. The molecule has 4 rings (SSSR count). The van der Waals surface area contributed by atoms with Gasteiger partial charge in [-0.1, -0.05) is 52.0 Å². The second-order valence-electron chi connectivity index (χ2n) is 10.00. The molecular weight excluding hydrogens is 661 g/mol. The van der Waals surface area contributed by atoms with Crippen LogP contribution in [0.1, 0.15) is 65.5 Å². The van der Waals surface area contributed by atoms with E-state index in [1.807, 2.05) is 19.9 Å². The Bertz CT molecular complexity index is 1760. The number of Topliss-reactive ketones (excluding diaryl/α,β-unsaturated/α-hetero) is 1. The molecule has 0 unspecified atom stereocenters. The van der Waals surface area contributed by atoms with Crippen molar-refractivity contribution in [3.63, 3.8) is 0 Å². The minimum absolute atomic E-state index is 0.0746. The number of anilines is 2. The van der Waals surface area contributed by atoms with Gasteiger partial charge in [-0.05, 0) is 56.4 Å². The number of benzene rings is 2. The standard InChI is InChI=1S/C25H29N3O6S2.C2H6.Cl2O2S/c1-5-35(31,32)27-16-10-11-19-20(14-16)36(33,34)28-24(26-19)21-22(29)17-8-6-7-9-18(17)25(4,23(21)30)13-12-15(2)3;1-2;1-5(2,3)4/h6-11,14-15,27,29H,5,12-13H2,1-4H3,(H,26,28);1-2H3;/t25-;;/m1../s1. The average Bonchev–Trinajstić information content (AvgIpc) is 2.91. The quantitative estimate of drug-likeness (QED) is 0.296. The van der Waals surface area contributed by atoms with E-state index >= 15 is 0 Å². The van der Waals surface area contributed by atoms with E-state index in [-0.39, 0.29) is 39.2 Å². The fraction of sp³-hybridized carbons (Fsp3) is 0.407. The third-order valence-electron chi connectivity index (χ3n) is 6.58. The second-order valence-corrected chi connectivity index (χ2v) is 17.2. The molecule has 1 heterocycles. The number of hydrogen-bond acceptors (Lipinski definition) is 9. The number of aliphatic hydroxyl groups excluding tert-OH is 1. The molecule has 0 amide bonds. The van der Waals surface area contributed by atoms with Crippen molar-refractivity contribution in [3.05, 3.63) is 59.2 Å². The first-order chi connectivity index (χ1) is 19.8. The fourth-order valence-corrected chi connectivity index (χ4v) is 6.22. The monoisotopic (exact) mass is 695 g/mol. The molecule has 0 bridgehead atoms. The summed E-state index contributed by atoms with van der Waals surface area (Å²) in [5, 5.41) is 14.0. The van der Waals surface area contributed by atoms with Gasteiger partial charge in [0.1, 0.15) is 16.2 Å². The number of amidine groups is 1. The van der Waals surface area contributed by atoms with Crippen molar-refractivity contribution in [2.75, 3.05) is 15.8 Å². The van der Waals surface area contributed by atoms with Crippen molar-refractivity contribution in [2.24, 2.45) is 10.3 Å². The highest BCUT2D eigenvalue weighted by Gasteiger charge is 2.46. The number of aliphatic hydroxyl groups is 1. The molecule has 0 aromatic heterocycles. The maximum Gasteiger partial charge on any atom is 0.317 e. The predicted molar refractivity (Wildman–Crippen MR) is 172 cm³/mol. The van der Waals surface area contributed by atoms with Crippen molar-refractivity contribution in [1.82, 2.24) is 0 Å². The molecule has 0 saturated carbocycles. The molecule has 3 N–H and O–H groups in total. The molecule has 1 aliphatic carbocycles. The Morgan fingerprint density at radius 3 is 2.21 bits per heavy atom. The van der Waals surface area contributed by atoms with E-state index in [1.54, 1.807) is 25.1 Å². The van der Waals surface area contributed by atoms with Crippen LogP contribution in [-0.2, 0) is 38.5 Å². The molecule has 43 heavy (non-hydrogen) atoms. The van der Waals surface area contributed by atoms with Crippen LogP contribution in [0.2, 0.25) is 0 Å². The van der Waals surface area contributed by atoms with Gasteiger partial charge in [0.15, 0.2) is 11.6 Å². The van der Waals surface area contributed by atoms with Crippen LogP contribution in [0.25, 0.3) is 5.76 Å². The average molecular weight is 697 g/mol. The highest BCUT2D eigenvalue weighted by molar-refractivity contribution is 8.31. The highest BCUT2D eigenvalue weighted by atomic mass is 36.0. The Hall–Kier alpha value is -2.65. The number of hydrogen-bond donors (Lipinski definition) is 3. The lowest BCUT2D eigenvalue weighted by atomic mass is 9.66. The lowest BCUT2D eigenvalue weighted by Gasteiger charge is -2.36. The maximum atomic E-state index is 13.9. The SMILES string of the molecule is CC.CCS(=O)(=O)Nc1ccc2c(c1)S(=O)(=O)N=C(C1=C(O)c3ccccc3[C@@](C)(CCC(C)C)C1=O)N2.O=S(=O)(Cl)Cl. The van der Waals surface area contributed by atoms with Gasteiger partial charge in [0.2, 0.25) is 10.0 Å². The van der Waals surface area contributed by atoms with Crippen molar-refractivity contribution in [2.45, 2.75) is 64.7 Å². The van der Waals surface area contributed by atoms with Crippen LogP contribution in [0, 0.1) is 5.92 Å². The zero-order valence-electron chi connectivity index (χ0n) is 24.5. The van der Waals surface area contributed by atoms with Gasteiger partial charge in [0.25, 0.3) is 10.0 Å². The van der Waals surface area contributed by atoms with Crippen molar-refractivity contribution < 1.29 is 35.2 Å². The molecule has 0 fully saturated rings. The largest absolute Gasteiger partial charge is 0.506 e. The van der Waals surface area contributed by atoms with E-state index in [2.05, 4.69) is 49.6 Å². The van der Waals surface area contributed by atoms with Crippen LogP contribution >= 0.6 is 21.4 Å². The first-order valence-corrected chi connectivity index (χ1v) is 19.5. The lowest BCUT2D eigenvalue weighted by Crippen LogP contribution is -2.42. The third-order valence-corrected chi connectivity index (χ3v) is 9.20. The van der Waals surface area contributed by atoms with E-state index in [0.717, 1.165) is 6.42 Å². The number of sulfonamides is 2. The predicted octanol–water partition coefficient (Wildman–Crippen LogP) is 5.94. The Morgan fingerprint density at radius 2 is 1.65 bits per heavy atom. The Labute approximate surface area is 262 Å². The van der Waals surface area contributed by atoms with Crippen molar-refractivity contribution in [3.8, 4) is 0 Å². The number of carbonyl (C=O) groups is 1. The zero-order chi connectivity index (χ0) is 33.0. The maximum absolute atomic E-state index is 13.9. The number of fused-ring (bicyclic) bond motifs is 2. The highest BCUT2D eigenvalue weighted by Crippen LogP contribution is 2.44. The molecular formula is C27H35Cl2N3O8S3. The summed E-state index contributed by atoms with van der Waals surface area (Å²) in [6.45, 7) is 11.4. The van der Waals surface area contributed by atoms with Gasteiger partial charge >= 0.3 is 8.26 Å². The van der Waals surface area contributed by atoms with Crippen molar-refractivity contribution >= 4 is 78.4 Å². The third kappa shape index (κ3) is 8.94. The summed E-state index contributed by atoms with van der Waals surface area (Å²) in [5.41, 5.74) is 0.157. The molecule has 0 saturated heterocycles.